The van der Waals surface area contributed by atoms with E-state index in [9.17, 15) is 9.59 Å². The van der Waals surface area contributed by atoms with Crippen molar-refractivity contribution >= 4 is 11.9 Å². The molecule has 0 heterocycles. The Morgan fingerprint density at radius 1 is 0.941 bits per heavy atom. The summed E-state index contributed by atoms with van der Waals surface area (Å²) in [5, 5.41) is 16.5. The van der Waals surface area contributed by atoms with Crippen molar-refractivity contribution in [2.75, 3.05) is 0 Å². The summed E-state index contributed by atoms with van der Waals surface area (Å²) in [5.41, 5.74) is 0.704. The molecule has 0 saturated carbocycles. The van der Waals surface area contributed by atoms with Crippen molar-refractivity contribution in [3.8, 4) is 0 Å². The van der Waals surface area contributed by atoms with E-state index in [1.807, 2.05) is 0 Å². The van der Waals surface area contributed by atoms with E-state index in [1.54, 1.807) is 48.5 Å². The maximum atomic E-state index is 10.1. The van der Waals surface area contributed by atoms with Gasteiger partial charge in [0.15, 0.2) is 0 Å². The second-order valence-corrected chi connectivity index (χ2v) is 2.96. The Hall–Kier alpha value is -1.84. The van der Waals surface area contributed by atoms with Gasteiger partial charge in [-0.15, -0.1) is 5.97 Å². The Morgan fingerprint density at radius 3 is 1.65 bits per heavy atom. The molecule has 0 saturated heterocycles. The van der Waals surface area contributed by atoms with Crippen LogP contribution in [0.4, 0.5) is 0 Å². The molecule has 0 spiro atoms. The minimum Gasteiger partial charge on any atom is -0.681 e. The topological polar surface area (TPSA) is 74.6 Å². The molecule has 2 aromatic rings. The molecule has 2 rings (SSSR count). The molecular weight excluding hydrogens is 264 g/mol. The molecule has 0 aromatic heterocycles. The van der Waals surface area contributed by atoms with Gasteiger partial charge in [0.05, 0.1) is 0 Å². The maximum Gasteiger partial charge on any atom is 0.278 e. The normalized spacial score (nSPS) is 8.47. The number of carboxylic acid groups (broad SMARTS) is 2. The Labute approximate surface area is 109 Å². The zero-order valence-electron chi connectivity index (χ0n) is 8.68. The summed E-state index contributed by atoms with van der Waals surface area (Å²) in [4.78, 5) is 20.1. The molecule has 96 valence electrons. The van der Waals surface area contributed by atoms with Crippen LogP contribution >= 0.6 is 0 Å². The second kappa shape index (κ2) is 7.44. The monoisotopic (exact) mass is 274 g/mol. The van der Waals surface area contributed by atoms with Crippen LogP contribution in [0.25, 0.3) is 0 Å². The molecular formula is C12H10FeO4-6. The van der Waals surface area contributed by atoms with E-state index in [4.69, 9.17) is 10.2 Å². The van der Waals surface area contributed by atoms with Gasteiger partial charge in [0.25, 0.3) is 5.97 Å². The number of carbonyl (C=O) groups is 2. The Bertz CT molecular complexity index is 399. The SMILES string of the molecule is O=C(O)[c-]1[cH-][cH-][cH-][cH-]1.O=C(O)[c-]1cccc1.[Fe]. The van der Waals surface area contributed by atoms with Gasteiger partial charge in [-0.3, -0.25) is 4.79 Å². The third kappa shape index (κ3) is 5.15. The van der Waals surface area contributed by atoms with Crippen LogP contribution in [0.2, 0.25) is 0 Å². The summed E-state index contributed by atoms with van der Waals surface area (Å²) >= 11 is 0. The maximum absolute atomic E-state index is 10.1. The van der Waals surface area contributed by atoms with Crippen molar-refractivity contribution in [1.82, 2.24) is 0 Å². The predicted molar refractivity (Wildman–Crippen MR) is 58.0 cm³/mol. The van der Waals surface area contributed by atoms with Gasteiger partial charge in [-0.1, -0.05) is 5.56 Å². The minimum absolute atomic E-state index is 0. The Kier molecular flexibility index (Phi) is 6.63. The first-order valence-corrected chi connectivity index (χ1v) is 4.51. The second-order valence-electron chi connectivity index (χ2n) is 2.96. The molecule has 0 aliphatic carbocycles. The summed E-state index contributed by atoms with van der Waals surface area (Å²) in [7, 11) is 0. The summed E-state index contributed by atoms with van der Waals surface area (Å²) in [6, 6.07) is 13.0. The van der Waals surface area contributed by atoms with Crippen LogP contribution in [0.3, 0.4) is 0 Å². The van der Waals surface area contributed by atoms with E-state index in [-0.39, 0.29) is 17.1 Å². The molecule has 0 amide bonds. The quantitative estimate of drug-likeness (QED) is 0.650. The fourth-order valence-electron chi connectivity index (χ4n) is 1.03. The van der Waals surface area contributed by atoms with Crippen LogP contribution in [-0.2, 0) is 17.1 Å². The number of carboxylic acids is 2. The standard InChI is InChI=1S/2C6H5O2.Fe/c2*7-6(8)5-3-1-2-4-5;/h2*1-4H,(H,7,8);/q-5;-1;. The first-order chi connectivity index (χ1) is 7.61. The van der Waals surface area contributed by atoms with Crippen LogP contribution in [-0.4, -0.2) is 22.2 Å². The molecule has 0 radical (unpaired) electrons. The van der Waals surface area contributed by atoms with Crippen LogP contribution in [0, 0.1) is 0 Å². The number of hydrogen-bond acceptors (Lipinski definition) is 2. The fraction of sp³-hybridized carbons (Fsp3) is 0. The smallest absolute Gasteiger partial charge is 0.278 e. The average Bonchev–Trinajstić information content (AvgIpc) is 2.93. The Balaban J connectivity index is 0.000000284. The third-order valence-corrected chi connectivity index (χ3v) is 1.82. The number of hydrogen-bond donors (Lipinski definition) is 2. The van der Waals surface area contributed by atoms with Crippen molar-refractivity contribution in [2.24, 2.45) is 0 Å². The van der Waals surface area contributed by atoms with E-state index < -0.39 is 11.9 Å². The van der Waals surface area contributed by atoms with Gasteiger partial charge in [0, 0.05) is 17.1 Å². The van der Waals surface area contributed by atoms with Gasteiger partial charge < -0.3 is 44.8 Å². The van der Waals surface area contributed by atoms with Gasteiger partial charge in [-0.05, 0) is 0 Å². The van der Waals surface area contributed by atoms with E-state index >= 15 is 0 Å². The molecule has 0 aliphatic heterocycles. The molecule has 2 N–H and O–H groups in total. The molecule has 17 heavy (non-hydrogen) atoms. The molecule has 2 aromatic carbocycles. The largest absolute Gasteiger partial charge is 0.681 e. The molecule has 0 unspecified atom stereocenters. The summed E-state index contributed by atoms with van der Waals surface area (Å²) in [5.74, 6) is -1.73. The van der Waals surface area contributed by atoms with Gasteiger partial charge in [0.2, 0.25) is 0 Å². The molecule has 5 heteroatoms. The van der Waals surface area contributed by atoms with E-state index in [2.05, 4.69) is 0 Å². The molecule has 0 aliphatic rings. The Morgan fingerprint density at radius 2 is 1.41 bits per heavy atom. The van der Waals surface area contributed by atoms with Crippen LogP contribution in [0.15, 0.2) is 48.5 Å². The van der Waals surface area contributed by atoms with Crippen LogP contribution < -0.4 is 0 Å². The zero-order valence-corrected chi connectivity index (χ0v) is 9.79. The number of rotatable bonds is 2. The van der Waals surface area contributed by atoms with Crippen molar-refractivity contribution in [3.63, 3.8) is 0 Å². The zero-order chi connectivity index (χ0) is 12.0. The summed E-state index contributed by atoms with van der Waals surface area (Å²) < 4.78 is 0. The van der Waals surface area contributed by atoms with E-state index in [0.717, 1.165) is 0 Å². The van der Waals surface area contributed by atoms with E-state index in [0.29, 0.717) is 11.1 Å². The van der Waals surface area contributed by atoms with Crippen LogP contribution in [0.5, 0.6) is 0 Å². The van der Waals surface area contributed by atoms with Gasteiger partial charge >= 0.3 is 0 Å². The molecule has 4 nitrogen and oxygen atoms in total. The number of aromatic carboxylic acids is 2. The first-order valence-electron chi connectivity index (χ1n) is 4.51. The van der Waals surface area contributed by atoms with Crippen molar-refractivity contribution in [2.45, 2.75) is 0 Å². The molecule has 0 bridgehead atoms. The van der Waals surface area contributed by atoms with Gasteiger partial charge in [0.1, 0.15) is 0 Å². The third-order valence-electron chi connectivity index (χ3n) is 1.82. The minimum atomic E-state index is -0.866. The van der Waals surface area contributed by atoms with Crippen molar-refractivity contribution in [3.05, 3.63) is 59.7 Å². The van der Waals surface area contributed by atoms with Crippen molar-refractivity contribution < 1.29 is 36.9 Å². The van der Waals surface area contributed by atoms with Gasteiger partial charge in [-0.25, -0.2) is 12.1 Å². The molecule has 0 atom stereocenters. The van der Waals surface area contributed by atoms with Gasteiger partial charge in [-0.2, -0.15) is 12.1 Å². The first kappa shape index (κ1) is 15.2. The average molecular weight is 274 g/mol. The van der Waals surface area contributed by atoms with E-state index in [1.165, 1.54) is 0 Å². The summed E-state index contributed by atoms with van der Waals surface area (Å²) in [6.07, 6.45) is 0. The predicted octanol–water partition coefficient (Wildman–Crippen LogP) is 2.20. The summed E-state index contributed by atoms with van der Waals surface area (Å²) in [6.45, 7) is 0. The van der Waals surface area contributed by atoms with Crippen molar-refractivity contribution in [1.29, 1.82) is 0 Å². The molecule has 0 fully saturated rings. The fourth-order valence-corrected chi connectivity index (χ4v) is 1.03. The van der Waals surface area contributed by atoms with Crippen LogP contribution in [0.1, 0.15) is 20.7 Å².